The lowest BCUT2D eigenvalue weighted by Crippen LogP contribution is -2.37. The van der Waals surface area contributed by atoms with Crippen molar-refractivity contribution in [2.24, 2.45) is 0 Å². The molecule has 0 aliphatic carbocycles. The molecule has 0 radical (unpaired) electrons. The highest BCUT2D eigenvalue weighted by atomic mass is 16.5. The molecule has 0 unspecified atom stereocenters. The second-order valence-corrected chi connectivity index (χ2v) is 6.83. The van der Waals surface area contributed by atoms with Crippen molar-refractivity contribution < 1.29 is 9.53 Å². The van der Waals surface area contributed by atoms with Crippen molar-refractivity contribution >= 4 is 17.3 Å². The van der Waals surface area contributed by atoms with Crippen LogP contribution in [0.3, 0.4) is 0 Å². The average Bonchev–Trinajstić information content (AvgIpc) is 2.74. The van der Waals surface area contributed by atoms with Crippen LogP contribution in [0, 0.1) is 0 Å². The third-order valence-electron chi connectivity index (χ3n) is 4.94. The number of nitrogens with one attached hydrogen (secondary N) is 1. The topological polar surface area (TPSA) is 44.8 Å². The number of hydrogen-bond donors (Lipinski definition) is 1. The van der Waals surface area contributed by atoms with Crippen LogP contribution in [-0.2, 0) is 4.74 Å². The van der Waals surface area contributed by atoms with Crippen LogP contribution in [-0.4, -0.2) is 57.2 Å². The fourth-order valence-electron chi connectivity index (χ4n) is 3.33. The lowest BCUT2D eigenvalue weighted by atomic mass is 10.1. The molecule has 1 heterocycles. The van der Waals surface area contributed by atoms with Gasteiger partial charge in [0.25, 0.3) is 5.91 Å². The van der Waals surface area contributed by atoms with Gasteiger partial charge in [0.15, 0.2) is 0 Å². The van der Waals surface area contributed by atoms with Gasteiger partial charge in [-0.15, -0.1) is 0 Å². The number of para-hydroxylation sites is 2. The van der Waals surface area contributed by atoms with E-state index < -0.39 is 0 Å². The number of rotatable bonds is 8. The zero-order valence-electron chi connectivity index (χ0n) is 16.1. The van der Waals surface area contributed by atoms with Gasteiger partial charge in [0, 0.05) is 32.4 Å². The molecule has 0 saturated carbocycles. The third kappa shape index (κ3) is 5.55. The van der Waals surface area contributed by atoms with Gasteiger partial charge < -0.3 is 15.0 Å². The number of benzene rings is 2. The molecule has 0 spiro atoms. The standard InChI is InChI=1S/C22H29N3O2/c1-24(19-9-3-2-4-10-19)21-12-6-5-11-20(21)22(26)23-13-7-8-14-25-15-17-27-18-16-25/h2-6,9-12H,7-8,13-18H2,1H3,(H,23,26). The van der Waals surface area contributed by atoms with E-state index in [0.29, 0.717) is 12.1 Å². The van der Waals surface area contributed by atoms with Gasteiger partial charge in [-0.2, -0.15) is 0 Å². The summed E-state index contributed by atoms with van der Waals surface area (Å²) in [6.45, 7) is 5.49. The van der Waals surface area contributed by atoms with Crippen LogP contribution in [0.2, 0.25) is 0 Å². The first-order valence-electron chi connectivity index (χ1n) is 9.72. The molecule has 144 valence electrons. The summed E-state index contributed by atoms with van der Waals surface area (Å²) in [6, 6.07) is 17.8. The number of anilines is 2. The molecule has 0 bridgehead atoms. The molecule has 2 aromatic carbocycles. The number of morpholine rings is 1. The van der Waals surface area contributed by atoms with Crippen molar-refractivity contribution in [2.45, 2.75) is 12.8 Å². The molecule has 0 atom stereocenters. The number of carbonyl (C=O) groups is 1. The number of carbonyl (C=O) groups excluding carboxylic acids is 1. The molecule has 3 rings (SSSR count). The Bertz CT molecular complexity index is 715. The number of amides is 1. The van der Waals surface area contributed by atoms with Crippen molar-refractivity contribution in [3.05, 3.63) is 60.2 Å². The van der Waals surface area contributed by atoms with Crippen LogP contribution < -0.4 is 10.2 Å². The number of nitrogens with zero attached hydrogens (tertiary/aromatic N) is 2. The number of hydrogen-bond acceptors (Lipinski definition) is 4. The van der Waals surface area contributed by atoms with Crippen molar-refractivity contribution in [3.63, 3.8) is 0 Å². The molecular formula is C22H29N3O2. The van der Waals surface area contributed by atoms with Gasteiger partial charge in [-0.1, -0.05) is 30.3 Å². The third-order valence-corrected chi connectivity index (χ3v) is 4.94. The van der Waals surface area contributed by atoms with Crippen molar-refractivity contribution in [3.8, 4) is 0 Å². The molecule has 1 aliphatic heterocycles. The summed E-state index contributed by atoms with van der Waals surface area (Å²) in [4.78, 5) is 17.2. The zero-order valence-corrected chi connectivity index (χ0v) is 16.1. The Kier molecular flexibility index (Phi) is 7.25. The summed E-state index contributed by atoms with van der Waals surface area (Å²) in [7, 11) is 1.99. The van der Waals surface area contributed by atoms with Crippen LogP contribution in [0.15, 0.2) is 54.6 Å². The number of ether oxygens (including phenoxy) is 1. The SMILES string of the molecule is CN(c1ccccc1)c1ccccc1C(=O)NCCCCN1CCOCC1. The Morgan fingerprint density at radius 3 is 2.52 bits per heavy atom. The predicted octanol–water partition coefficient (Wildman–Crippen LogP) is 3.30. The Hall–Kier alpha value is -2.37. The summed E-state index contributed by atoms with van der Waals surface area (Å²) >= 11 is 0. The smallest absolute Gasteiger partial charge is 0.253 e. The molecular weight excluding hydrogens is 338 g/mol. The summed E-state index contributed by atoms with van der Waals surface area (Å²) in [5.41, 5.74) is 2.68. The van der Waals surface area contributed by atoms with Crippen molar-refractivity contribution in [2.75, 3.05) is 51.3 Å². The van der Waals surface area contributed by atoms with Crippen LogP contribution >= 0.6 is 0 Å². The average molecular weight is 367 g/mol. The van der Waals surface area contributed by atoms with Crippen molar-refractivity contribution in [1.29, 1.82) is 0 Å². The van der Waals surface area contributed by atoms with E-state index in [2.05, 4.69) is 10.2 Å². The van der Waals surface area contributed by atoms with E-state index in [-0.39, 0.29) is 5.91 Å². The molecule has 1 saturated heterocycles. The maximum absolute atomic E-state index is 12.7. The van der Waals surface area contributed by atoms with E-state index in [1.54, 1.807) is 0 Å². The minimum absolute atomic E-state index is 0.0141. The lowest BCUT2D eigenvalue weighted by Gasteiger charge is -2.26. The Morgan fingerprint density at radius 2 is 1.74 bits per heavy atom. The first kappa shape index (κ1) is 19.4. The normalized spacial score (nSPS) is 14.7. The van der Waals surface area contributed by atoms with Gasteiger partial charge in [-0.3, -0.25) is 9.69 Å². The largest absolute Gasteiger partial charge is 0.379 e. The van der Waals surface area contributed by atoms with Crippen LogP contribution in [0.1, 0.15) is 23.2 Å². The van der Waals surface area contributed by atoms with Crippen LogP contribution in [0.25, 0.3) is 0 Å². The monoisotopic (exact) mass is 367 g/mol. The molecule has 5 nitrogen and oxygen atoms in total. The highest BCUT2D eigenvalue weighted by Crippen LogP contribution is 2.26. The van der Waals surface area contributed by atoms with E-state index in [4.69, 9.17) is 4.74 Å². The summed E-state index contributed by atoms with van der Waals surface area (Å²) in [5, 5.41) is 3.07. The van der Waals surface area contributed by atoms with Gasteiger partial charge in [0.2, 0.25) is 0 Å². The molecule has 1 N–H and O–H groups in total. The lowest BCUT2D eigenvalue weighted by molar-refractivity contribution is 0.0372. The van der Waals surface area contributed by atoms with Gasteiger partial charge in [0.1, 0.15) is 0 Å². The quantitative estimate of drug-likeness (QED) is 0.727. The Labute approximate surface area is 161 Å². The fraction of sp³-hybridized carbons (Fsp3) is 0.409. The van der Waals surface area contributed by atoms with Gasteiger partial charge >= 0.3 is 0 Å². The van der Waals surface area contributed by atoms with Crippen molar-refractivity contribution in [1.82, 2.24) is 10.2 Å². The van der Waals surface area contributed by atoms with Gasteiger partial charge in [0.05, 0.1) is 24.5 Å². The van der Waals surface area contributed by atoms with Gasteiger partial charge in [-0.25, -0.2) is 0 Å². The molecule has 1 amide bonds. The summed E-state index contributed by atoms with van der Waals surface area (Å²) in [6.07, 6.45) is 2.08. The maximum Gasteiger partial charge on any atom is 0.253 e. The minimum Gasteiger partial charge on any atom is -0.379 e. The van der Waals surface area contributed by atoms with Crippen LogP contribution in [0.5, 0.6) is 0 Å². The van der Waals surface area contributed by atoms with E-state index in [0.717, 1.165) is 57.1 Å². The van der Waals surface area contributed by atoms with Gasteiger partial charge in [-0.05, 0) is 43.7 Å². The highest BCUT2D eigenvalue weighted by Gasteiger charge is 2.15. The zero-order chi connectivity index (χ0) is 18.9. The highest BCUT2D eigenvalue weighted by molar-refractivity contribution is 6.00. The first-order valence-corrected chi connectivity index (χ1v) is 9.72. The molecule has 2 aromatic rings. The molecule has 1 fully saturated rings. The summed E-state index contributed by atoms with van der Waals surface area (Å²) in [5.74, 6) is -0.0141. The Morgan fingerprint density at radius 1 is 1.04 bits per heavy atom. The summed E-state index contributed by atoms with van der Waals surface area (Å²) < 4.78 is 5.37. The Balaban J connectivity index is 1.51. The second kappa shape index (κ2) is 10.1. The minimum atomic E-state index is -0.0141. The van der Waals surface area contributed by atoms with E-state index in [9.17, 15) is 4.79 Å². The fourth-order valence-corrected chi connectivity index (χ4v) is 3.33. The molecule has 27 heavy (non-hydrogen) atoms. The first-order chi connectivity index (χ1) is 13.3. The van der Waals surface area contributed by atoms with E-state index in [1.807, 2.05) is 66.5 Å². The van der Waals surface area contributed by atoms with E-state index in [1.165, 1.54) is 0 Å². The molecule has 0 aromatic heterocycles. The molecule has 5 heteroatoms. The number of unbranched alkanes of at least 4 members (excludes halogenated alkanes) is 1. The molecule has 1 aliphatic rings. The second-order valence-electron chi connectivity index (χ2n) is 6.83. The maximum atomic E-state index is 12.7. The van der Waals surface area contributed by atoms with Crippen LogP contribution in [0.4, 0.5) is 11.4 Å². The predicted molar refractivity (Wildman–Crippen MR) is 110 cm³/mol. The van der Waals surface area contributed by atoms with E-state index >= 15 is 0 Å².